The van der Waals surface area contributed by atoms with Gasteiger partial charge in [-0.25, -0.2) is 0 Å². The van der Waals surface area contributed by atoms with Crippen LogP contribution in [0.1, 0.15) is 56.9 Å². The van der Waals surface area contributed by atoms with E-state index >= 15 is 0 Å². The Balaban J connectivity index is 2.02. The molecule has 118 valence electrons. The molecule has 1 atom stereocenters. The predicted molar refractivity (Wildman–Crippen MR) is 86.1 cm³/mol. The molecule has 1 heterocycles. The first kappa shape index (κ1) is 15.1. The van der Waals surface area contributed by atoms with Crippen molar-refractivity contribution >= 4 is 17.5 Å². The molecule has 1 saturated heterocycles. The van der Waals surface area contributed by atoms with Gasteiger partial charge in [-0.05, 0) is 42.9 Å². The van der Waals surface area contributed by atoms with Crippen molar-refractivity contribution in [2.24, 2.45) is 5.92 Å². The number of carbonyl (C=O) groups excluding carboxylic acids is 2. The fourth-order valence-corrected chi connectivity index (χ4v) is 4.18. The summed E-state index contributed by atoms with van der Waals surface area (Å²) < 4.78 is 0. The maximum absolute atomic E-state index is 12.9. The van der Waals surface area contributed by atoms with Crippen molar-refractivity contribution in [3.63, 3.8) is 0 Å². The summed E-state index contributed by atoms with van der Waals surface area (Å²) in [5.41, 5.74) is 6.95. The van der Waals surface area contributed by atoms with E-state index < -0.39 is 5.41 Å². The molecule has 0 aromatic heterocycles. The van der Waals surface area contributed by atoms with Gasteiger partial charge >= 0.3 is 0 Å². The van der Waals surface area contributed by atoms with E-state index in [0.29, 0.717) is 24.4 Å². The Kier molecular flexibility index (Phi) is 4.19. The van der Waals surface area contributed by atoms with Gasteiger partial charge in [0.2, 0.25) is 11.8 Å². The number of nitrogens with two attached hydrogens (primary N) is 1. The third-order valence-corrected chi connectivity index (χ3v) is 5.38. The van der Waals surface area contributed by atoms with Gasteiger partial charge in [0, 0.05) is 12.1 Å². The molecule has 0 bridgehead atoms. The second kappa shape index (κ2) is 6.11. The summed E-state index contributed by atoms with van der Waals surface area (Å²) in [6, 6.07) is 7.65. The predicted octanol–water partition coefficient (Wildman–Crippen LogP) is 2.91. The minimum Gasteiger partial charge on any atom is -0.399 e. The highest BCUT2D eigenvalue weighted by Crippen LogP contribution is 2.45. The second-order valence-corrected chi connectivity index (χ2v) is 6.66. The molecule has 1 unspecified atom stereocenters. The van der Waals surface area contributed by atoms with Gasteiger partial charge in [0.15, 0.2) is 0 Å². The van der Waals surface area contributed by atoms with Crippen LogP contribution in [-0.4, -0.2) is 11.8 Å². The molecule has 1 aliphatic heterocycles. The Morgan fingerprint density at radius 2 is 1.64 bits per heavy atom. The highest BCUT2D eigenvalue weighted by atomic mass is 16.2. The van der Waals surface area contributed by atoms with E-state index in [4.69, 9.17) is 5.73 Å². The molecule has 1 aliphatic carbocycles. The highest BCUT2D eigenvalue weighted by molar-refractivity contribution is 6.03. The number of anilines is 1. The number of imide groups is 1. The van der Waals surface area contributed by atoms with Crippen LogP contribution in [0.15, 0.2) is 24.3 Å². The quantitative estimate of drug-likeness (QED) is 0.501. The number of nitrogens with one attached hydrogen (secondary N) is 1. The summed E-state index contributed by atoms with van der Waals surface area (Å²) in [5.74, 6) is 0.0526. The lowest BCUT2D eigenvalue weighted by Crippen LogP contribution is -2.55. The van der Waals surface area contributed by atoms with Crippen LogP contribution in [0.3, 0.4) is 0 Å². The van der Waals surface area contributed by atoms with Gasteiger partial charge in [-0.15, -0.1) is 0 Å². The molecule has 1 saturated carbocycles. The minimum absolute atomic E-state index is 0.111. The highest BCUT2D eigenvalue weighted by Gasteiger charge is 2.49. The lowest BCUT2D eigenvalue weighted by atomic mass is 9.63. The van der Waals surface area contributed by atoms with Crippen molar-refractivity contribution < 1.29 is 9.59 Å². The molecule has 3 N–H and O–H groups in total. The van der Waals surface area contributed by atoms with Crippen molar-refractivity contribution in [1.29, 1.82) is 0 Å². The minimum atomic E-state index is -0.564. The first-order valence-electron chi connectivity index (χ1n) is 8.33. The maximum Gasteiger partial charge on any atom is 0.237 e. The number of benzene rings is 1. The monoisotopic (exact) mass is 300 g/mol. The molecule has 2 fully saturated rings. The summed E-state index contributed by atoms with van der Waals surface area (Å²) >= 11 is 0. The number of amides is 2. The lowest BCUT2D eigenvalue weighted by Gasteiger charge is -2.42. The van der Waals surface area contributed by atoms with Crippen LogP contribution in [0.4, 0.5) is 5.69 Å². The van der Waals surface area contributed by atoms with Crippen molar-refractivity contribution in [3.8, 4) is 0 Å². The fraction of sp³-hybridized carbons (Fsp3) is 0.556. The van der Waals surface area contributed by atoms with E-state index in [9.17, 15) is 9.59 Å². The molecule has 3 rings (SSSR count). The van der Waals surface area contributed by atoms with Crippen LogP contribution in [-0.2, 0) is 15.0 Å². The van der Waals surface area contributed by atoms with Gasteiger partial charge in [-0.2, -0.15) is 0 Å². The first-order valence-corrected chi connectivity index (χ1v) is 8.33. The molecule has 4 heteroatoms. The Morgan fingerprint density at radius 3 is 2.23 bits per heavy atom. The summed E-state index contributed by atoms with van der Waals surface area (Å²) in [6.45, 7) is 0. The Morgan fingerprint density at radius 1 is 1.00 bits per heavy atom. The molecular formula is C18H24N2O2. The lowest BCUT2D eigenvalue weighted by molar-refractivity contribution is -0.140. The summed E-state index contributed by atoms with van der Waals surface area (Å²) in [6.07, 6.45) is 7.99. The zero-order valence-electron chi connectivity index (χ0n) is 12.9. The van der Waals surface area contributed by atoms with E-state index in [1.807, 2.05) is 24.3 Å². The number of hydrogen-bond donors (Lipinski definition) is 2. The van der Waals surface area contributed by atoms with Crippen molar-refractivity contribution in [2.45, 2.75) is 56.8 Å². The van der Waals surface area contributed by atoms with Crippen LogP contribution in [0.25, 0.3) is 0 Å². The summed E-state index contributed by atoms with van der Waals surface area (Å²) in [4.78, 5) is 24.5. The van der Waals surface area contributed by atoms with Crippen LogP contribution in [0.2, 0.25) is 0 Å². The van der Waals surface area contributed by atoms with Crippen LogP contribution in [0.5, 0.6) is 0 Å². The van der Waals surface area contributed by atoms with E-state index in [1.54, 1.807) is 0 Å². The van der Waals surface area contributed by atoms with Crippen LogP contribution < -0.4 is 11.1 Å². The molecule has 22 heavy (non-hydrogen) atoms. The smallest absolute Gasteiger partial charge is 0.237 e. The number of carbonyl (C=O) groups is 2. The van der Waals surface area contributed by atoms with Gasteiger partial charge in [0.05, 0.1) is 5.41 Å². The van der Waals surface area contributed by atoms with Crippen molar-refractivity contribution in [2.75, 3.05) is 5.73 Å². The van der Waals surface area contributed by atoms with Gasteiger partial charge in [0.1, 0.15) is 0 Å². The van der Waals surface area contributed by atoms with Gasteiger partial charge in [-0.3, -0.25) is 14.9 Å². The number of piperidine rings is 1. The number of nitrogen functional groups attached to an aromatic ring is 1. The third-order valence-electron chi connectivity index (χ3n) is 5.38. The van der Waals surface area contributed by atoms with Crippen LogP contribution in [0, 0.1) is 5.92 Å². The van der Waals surface area contributed by atoms with Crippen molar-refractivity contribution in [1.82, 2.24) is 5.32 Å². The average Bonchev–Trinajstić information content (AvgIpc) is 2.78. The molecule has 0 radical (unpaired) electrons. The first-order chi connectivity index (χ1) is 10.6. The number of hydrogen-bond acceptors (Lipinski definition) is 3. The molecule has 2 amide bonds. The molecule has 0 spiro atoms. The van der Waals surface area contributed by atoms with Gasteiger partial charge in [-0.1, -0.05) is 37.8 Å². The molecule has 2 aliphatic rings. The average molecular weight is 300 g/mol. The zero-order valence-corrected chi connectivity index (χ0v) is 12.9. The second-order valence-electron chi connectivity index (χ2n) is 6.66. The zero-order chi connectivity index (χ0) is 15.6. The Labute approximate surface area is 131 Å². The van der Waals surface area contributed by atoms with Gasteiger partial charge < -0.3 is 5.73 Å². The SMILES string of the molecule is Nc1ccc(C2(C3CCCCCC3)CCC(=O)NC2=O)cc1. The molecule has 1 aromatic carbocycles. The van der Waals surface area contributed by atoms with E-state index in [0.717, 1.165) is 18.4 Å². The van der Waals surface area contributed by atoms with Gasteiger partial charge in [0.25, 0.3) is 0 Å². The van der Waals surface area contributed by atoms with E-state index in [-0.39, 0.29) is 11.8 Å². The van der Waals surface area contributed by atoms with E-state index in [2.05, 4.69) is 5.32 Å². The third kappa shape index (κ3) is 2.62. The standard InChI is InChI=1S/C18H24N2O2/c19-15-9-7-14(8-10-15)18(12-11-16(21)20-17(18)22)13-5-3-1-2-4-6-13/h7-10,13H,1-6,11-12,19H2,(H,20,21,22). The summed E-state index contributed by atoms with van der Waals surface area (Å²) in [7, 11) is 0. The molecule has 4 nitrogen and oxygen atoms in total. The number of rotatable bonds is 2. The fourth-order valence-electron chi connectivity index (χ4n) is 4.18. The van der Waals surface area contributed by atoms with Crippen LogP contribution >= 0.6 is 0 Å². The van der Waals surface area contributed by atoms with E-state index in [1.165, 1.54) is 25.7 Å². The summed E-state index contributed by atoms with van der Waals surface area (Å²) in [5, 5.41) is 2.59. The van der Waals surface area contributed by atoms with Crippen molar-refractivity contribution in [3.05, 3.63) is 29.8 Å². The Hall–Kier alpha value is -1.84. The maximum atomic E-state index is 12.9. The molecule has 1 aromatic rings. The normalized spacial score (nSPS) is 27.3. The largest absolute Gasteiger partial charge is 0.399 e. The topological polar surface area (TPSA) is 72.2 Å². The Bertz CT molecular complexity index is 559. The molecular weight excluding hydrogens is 276 g/mol.